The highest BCUT2D eigenvalue weighted by molar-refractivity contribution is 5.72. The van der Waals surface area contributed by atoms with Crippen molar-refractivity contribution in [2.75, 3.05) is 39.5 Å². The molecule has 142 valence electrons. The van der Waals surface area contributed by atoms with Crippen LogP contribution in [0.5, 0.6) is 11.5 Å². The molecule has 0 saturated carbocycles. The monoisotopic (exact) mass is 360 g/mol. The molecule has 0 aromatic heterocycles. The third kappa shape index (κ3) is 3.40. The van der Waals surface area contributed by atoms with E-state index in [2.05, 4.69) is 16.7 Å². The first-order chi connectivity index (χ1) is 12.7. The molecule has 6 nitrogen and oxygen atoms in total. The lowest BCUT2D eigenvalue weighted by molar-refractivity contribution is -0.141. The first kappa shape index (κ1) is 17.6. The fourth-order valence-electron chi connectivity index (χ4n) is 4.69. The van der Waals surface area contributed by atoms with Gasteiger partial charge in [-0.2, -0.15) is 0 Å². The van der Waals surface area contributed by atoms with Gasteiger partial charge in [-0.3, -0.25) is 9.69 Å². The van der Waals surface area contributed by atoms with Gasteiger partial charge in [0.2, 0.25) is 6.79 Å². The lowest BCUT2D eigenvalue weighted by Crippen LogP contribution is -2.44. The van der Waals surface area contributed by atoms with Gasteiger partial charge >= 0.3 is 5.97 Å². The molecular weight excluding hydrogens is 332 g/mol. The van der Waals surface area contributed by atoms with Crippen LogP contribution in [0.1, 0.15) is 37.7 Å². The van der Waals surface area contributed by atoms with E-state index in [0.29, 0.717) is 12.6 Å². The number of rotatable bonds is 5. The molecule has 0 spiro atoms. The Bertz CT molecular complexity index is 657. The van der Waals surface area contributed by atoms with Crippen LogP contribution in [-0.2, 0) is 4.79 Å². The predicted molar refractivity (Wildman–Crippen MR) is 97.8 cm³/mol. The van der Waals surface area contributed by atoms with Crippen molar-refractivity contribution in [3.05, 3.63) is 23.8 Å². The van der Waals surface area contributed by atoms with Gasteiger partial charge in [-0.05, 0) is 56.6 Å². The van der Waals surface area contributed by atoms with Gasteiger partial charge in [-0.15, -0.1) is 0 Å². The molecule has 1 aromatic carbocycles. The molecule has 0 unspecified atom stereocenters. The number of hydrogen-bond acceptors (Lipinski definition) is 5. The van der Waals surface area contributed by atoms with E-state index in [1.54, 1.807) is 0 Å². The second-order valence-electron chi connectivity index (χ2n) is 7.69. The van der Waals surface area contributed by atoms with Gasteiger partial charge in [0.1, 0.15) is 0 Å². The van der Waals surface area contributed by atoms with E-state index in [0.717, 1.165) is 49.5 Å². The number of fused-ring (bicyclic) bond motifs is 1. The fraction of sp³-hybridized carbons (Fsp3) is 0.650. The number of likely N-dealkylation sites (tertiary alicyclic amines) is 2. The van der Waals surface area contributed by atoms with Crippen LogP contribution >= 0.6 is 0 Å². The van der Waals surface area contributed by atoms with Crippen molar-refractivity contribution in [1.29, 1.82) is 0 Å². The van der Waals surface area contributed by atoms with Crippen molar-refractivity contribution in [1.82, 2.24) is 9.80 Å². The number of piperidine rings is 1. The molecule has 4 rings (SSSR count). The first-order valence-electron chi connectivity index (χ1n) is 9.74. The standard InChI is InChI=1S/C20H28N2O4/c1-2-7-21-8-5-15(6-9-21)22-11-16(17(12-22)20(23)24)14-3-4-18-19(10-14)26-13-25-18/h3-4,10,15-17H,2,5-9,11-13H2,1H3,(H,23,24)/t16-,17+/m0/s1. The third-order valence-corrected chi connectivity index (χ3v) is 6.10. The second-order valence-corrected chi connectivity index (χ2v) is 7.69. The molecule has 0 radical (unpaired) electrons. The topological polar surface area (TPSA) is 62.2 Å². The van der Waals surface area contributed by atoms with E-state index < -0.39 is 5.97 Å². The van der Waals surface area contributed by atoms with E-state index in [1.165, 1.54) is 13.0 Å². The van der Waals surface area contributed by atoms with Crippen molar-refractivity contribution >= 4 is 5.97 Å². The highest BCUT2D eigenvalue weighted by Crippen LogP contribution is 2.40. The number of carboxylic acids is 1. The average molecular weight is 360 g/mol. The van der Waals surface area contributed by atoms with Crippen LogP contribution in [0.3, 0.4) is 0 Å². The lowest BCUT2D eigenvalue weighted by Gasteiger charge is -2.36. The van der Waals surface area contributed by atoms with Crippen LogP contribution in [0.4, 0.5) is 0 Å². The van der Waals surface area contributed by atoms with E-state index in [4.69, 9.17) is 9.47 Å². The molecule has 3 aliphatic rings. The molecule has 26 heavy (non-hydrogen) atoms. The van der Waals surface area contributed by atoms with Crippen molar-refractivity contribution in [2.24, 2.45) is 5.92 Å². The van der Waals surface area contributed by atoms with Crippen molar-refractivity contribution in [3.8, 4) is 11.5 Å². The largest absolute Gasteiger partial charge is 0.481 e. The fourth-order valence-corrected chi connectivity index (χ4v) is 4.69. The van der Waals surface area contributed by atoms with Crippen LogP contribution in [-0.4, -0.2) is 66.4 Å². The van der Waals surface area contributed by atoms with Crippen LogP contribution in [0, 0.1) is 5.92 Å². The van der Waals surface area contributed by atoms with E-state index in [-0.39, 0.29) is 18.6 Å². The molecule has 2 saturated heterocycles. The maximum absolute atomic E-state index is 11.9. The summed E-state index contributed by atoms with van der Waals surface area (Å²) in [6.45, 7) is 7.35. The molecular formula is C20H28N2O4. The van der Waals surface area contributed by atoms with Crippen LogP contribution in [0.15, 0.2) is 18.2 Å². The highest BCUT2D eigenvalue weighted by atomic mass is 16.7. The number of nitrogens with zero attached hydrogens (tertiary/aromatic N) is 2. The molecule has 0 aliphatic carbocycles. The Labute approximate surface area is 154 Å². The quantitative estimate of drug-likeness (QED) is 0.870. The Morgan fingerprint density at radius 3 is 2.69 bits per heavy atom. The second kappa shape index (κ2) is 7.45. The Kier molecular flexibility index (Phi) is 5.05. The number of hydrogen-bond donors (Lipinski definition) is 1. The number of benzene rings is 1. The predicted octanol–water partition coefficient (Wildman–Crippen LogP) is 2.39. The lowest BCUT2D eigenvalue weighted by atomic mass is 9.89. The molecule has 0 amide bonds. The van der Waals surface area contributed by atoms with Gasteiger partial charge in [0.25, 0.3) is 0 Å². The molecule has 3 aliphatic heterocycles. The number of carbonyl (C=O) groups is 1. The molecule has 2 atom stereocenters. The summed E-state index contributed by atoms with van der Waals surface area (Å²) in [5.41, 5.74) is 1.05. The molecule has 6 heteroatoms. The van der Waals surface area contributed by atoms with E-state index in [1.807, 2.05) is 18.2 Å². The summed E-state index contributed by atoms with van der Waals surface area (Å²) in [4.78, 5) is 16.8. The summed E-state index contributed by atoms with van der Waals surface area (Å²) < 4.78 is 10.9. The number of aliphatic carboxylic acids is 1. The Morgan fingerprint density at radius 1 is 1.19 bits per heavy atom. The minimum absolute atomic E-state index is 0.00988. The van der Waals surface area contributed by atoms with Gasteiger partial charge in [-0.1, -0.05) is 13.0 Å². The number of carboxylic acid groups (broad SMARTS) is 1. The van der Waals surface area contributed by atoms with Crippen molar-refractivity contribution in [2.45, 2.75) is 38.1 Å². The Balaban J connectivity index is 1.47. The maximum atomic E-state index is 11.9. The summed E-state index contributed by atoms with van der Waals surface area (Å²) in [7, 11) is 0. The average Bonchev–Trinajstić information content (AvgIpc) is 3.29. The van der Waals surface area contributed by atoms with Gasteiger partial charge in [-0.25, -0.2) is 0 Å². The van der Waals surface area contributed by atoms with Crippen LogP contribution in [0.2, 0.25) is 0 Å². The third-order valence-electron chi connectivity index (χ3n) is 6.10. The van der Waals surface area contributed by atoms with Gasteiger partial charge in [0, 0.05) is 25.0 Å². The summed E-state index contributed by atoms with van der Waals surface area (Å²) in [5.74, 6) is 0.440. The number of ether oxygens (including phenoxy) is 2. The van der Waals surface area contributed by atoms with Crippen LogP contribution < -0.4 is 9.47 Å². The summed E-state index contributed by atoms with van der Waals surface area (Å²) >= 11 is 0. The molecule has 1 N–H and O–H groups in total. The summed E-state index contributed by atoms with van der Waals surface area (Å²) in [6, 6.07) is 6.38. The first-order valence-corrected chi connectivity index (χ1v) is 9.74. The molecule has 1 aromatic rings. The normalized spacial score (nSPS) is 27.1. The zero-order valence-electron chi connectivity index (χ0n) is 15.4. The smallest absolute Gasteiger partial charge is 0.308 e. The van der Waals surface area contributed by atoms with Gasteiger partial charge in [0.15, 0.2) is 11.5 Å². The SMILES string of the molecule is CCCN1CCC(N2C[C@@H](C(=O)O)[C@H](c3ccc4c(c3)OCO4)C2)CC1. The zero-order chi connectivity index (χ0) is 18.1. The van der Waals surface area contributed by atoms with Crippen molar-refractivity contribution in [3.63, 3.8) is 0 Å². The zero-order valence-corrected chi connectivity index (χ0v) is 15.4. The summed E-state index contributed by atoms with van der Waals surface area (Å²) in [5, 5.41) is 9.78. The Morgan fingerprint density at radius 2 is 1.96 bits per heavy atom. The minimum Gasteiger partial charge on any atom is -0.481 e. The van der Waals surface area contributed by atoms with E-state index >= 15 is 0 Å². The maximum Gasteiger partial charge on any atom is 0.308 e. The van der Waals surface area contributed by atoms with E-state index in [9.17, 15) is 9.90 Å². The highest BCUT2D eigenvalue weighted by Gasteiger charge is 2.41. The molecule has 2 fully saturated rings. The van der Waals surface area contributed by atoms with Gasteiger partial charge < -0.3 is 19.5 Å². The van der Waals surface area contributed by atoms with Crippen LogP contribution in [0.25, 0.3) is 0 Å². The molecule has 3 heterocycles. The summed E-state index contributed by atoms with van der Waals surface area (Å²) in [6.07, 6.45) is 3.47. The van der Waals surface area contributed by atoms with Crippen molar-refractivity contribution < 1.29 is 19.4 Å². The Hall–Kier alpha value is -1.79. The molecule has 0 bridgehead atoms. The van der Waals surface area contributed by atoms with Gasteiger partial charge in [0.05, 0.1) is 5.92 Å². The minimum atomic E-state index is -0.696.